The van der Waals surface area contributed by atoms with E-state index >= 15 is 0 Å². The zero-order valence-electron chi connectivity index (χ0n) is 18.1. The predicted molar refractivity (Wildman–Crippen MR) is 120 cm³/mol. The lowest BCUT2D eigenvalue weighted by Crippen LogP contribution is -2.32. The van der Waals surface area contributed by atoms with Crippen LogP contribution in [0.2, 0.25) is 0 Å². The van der Waals surface area contributed by atoms with Crippen molar-refractivity contribution < 1.29 is 28.7 Å². The van der Waals surface area contributed by atoms with Gasteiger partial charge in [-0.15, -0.1) is 11.3 Å². The van der Waals surface area contributed by atoms with Crippen molar-refractivity contribution in [2.45, 2.75) is 27.2 Å². The van der Waals surface area contributed by atoms with Crippen LogP contribution in [0.4, 0.5) is 5.00 Å². The van der Waals surface area contributed by atoms with Crippen LogP contribution >= 0.6 is 11.3 Å². The molecule has 0 saturated heterocycles. The van der Waals surface area contributed by atoms with Gasteiger partial charge in [0.25, 0.3) is 11.8 Å². The number of aryl methyl sites for hydroxylation is 1. The molecule has 0 bridgehead atoms. The summed E-state index contributed by atoms with van der Waals surface area (Å²) in [6.45, 7) is 8.65. The van der Waals surface area contributed by atoms with E-state index in [0.717, 1.165) is 10.4 Å². The molecule has 3 rings (SSSR count). The Morgan fingerprint density at radius 1 is 1.12 bits per heavy atom. The van der Waals surface area contributed by atoms with Crippen molar-refractivity contribution in [1.82, 2.24) is 4.90 Å². The summed E-state index contributed by atoms with van der Waals surface area (Å²) in [5.41, 5.74) is 2.68. The number of thiophene rings is 1. The van der Waals surface area contributed by atoms with E-state index in [0.29, 0.717) is 33.8 Å². The number of esters is 2. The molecule has 9 heteroatoms. The Labute approximate surface area is 189 Å². The van der Waals surface area contributed by atoms with Gasteiger partial charge in [0.05, 0.1) is 12.2 Å². The van der Waals surface area contributed by atoms with Crippen LogP contribution in [-0.4, -0.2) is 48.4 Å². The van der Waals surface area contributed by atoms with Gasteiger partial charge in [0.1, 0.15) is 11.5 Å². The second-order valence-corrected chi connectivity index (χ2v) is 8.23. The van der Waals surface area contributed by atoms with Crippen molar-refractivity contribution >= 4 is 45.8 Å². The van der Waals surface area contributed by atoms with Crippen LogP contribution < -0.4 is 5.32 Å². The van der Waals surface area contributed by atoms with E-state index in [1.807, 2.05) is 13.8 Å². The number of nitrogens with one attached hydrogen (secondary N) is 1. The molecule has 0 fully saturated rings. The summed E-state index contributed by atoms with van der Waals surface area (Å²) < 4.78 is 10.2. The minimum atomic E-state index is -0.746. The molecule has 0 aliphatic carbocycles. The maximum atomic E-state index is 12.5. The summed E-state index contributed by atoms with van der Waals surface area (Å²) in [5, 5.41) is 2.99. The highest BCUT2D eigenvalue weighted by atomic mass is 32.1. The van der Waals surface area contributed by atoms with Crippen LogP contribution in [0.1, 0.15) is 50.6 Å². The van der Waals surface area contributed by atoms with E-state index in [9.17, 15) is 19.2 Å². The molecule has 0 saturated carbocycles. The maximum absolute atomic E-state index is 12.5. The molecule has 0 radical (unpaired) electrons. The molecule has 2 heterocycles. The highest BCUT2D eigenvalue weighted by Crippen LogP contribution is 2.34. The second kappa shape index (κ2) is 9.78. The number of carbonyl (C=O) groups is 4. The second-order valence-electron chi connectivity index (χ2n) is 7.01. The van der Waals surface area contributed by atoms with E-state index in [-0.39, 0.29) is 19.1 Å². The average Bonchev–Trinajstić information content (AvgIpc) is 3.21. The largest absolute Gasteiger partial charge is 0.462 e. The Morgan fingerprint density at radius 2 is 1.81 bits per heavy atom. The fourth-order valence-electron chi connectivity index (χ4n) is 3.50. The smallest absolute Gasteiger partial charge is 0.341 e. The van der Waals surface area contributed by atoms with Crippen molar-refractivity contribution in [3.8, 4) is 0 Å². The monoisotopic (exact) mass is 456 g/mol. The highest BCUT2D eigenvalue weighted by Gasteiger charge is 2.32. The van der Waals surface area contributed by atoms with Gasteiger partial charge < -0.3 is 14.8 Å². The zero-order chi connectivity index (χ0) is 23.4. The van der Waals surface area contributed by atoms with Gasteiger partial charge in [0.15, 0.2) is 6.61 Å². The van der Waals surface area contributed by atoms with Gasteiger partial charge in [0.2, 0.25) is 0 Å². The number of carbonyl (C=O) groups excluding carboxylic acids is 4. The Bertz CT molecular complexity index is 1070. The van der Waals surface area contributed by atoms with Crippen molar-refractivity contribution in [3.05, 3.63) is 58.0 Å². The number of benzene rings is 1. The number of nitrogens with zero attached hydrogens (tertiary/aromatic N) is 1. The summed E-state index contributed by atoms with van der Waals surface area (Å²) >= 11 is 1.26. The number of hydrogen-bond acceptors (Lipinski definition) is 7. The number of rotatable bonds is 8. The normalized spacial score (nSPS) is 12.5. The molecule has 0 spiro atoms. The van der Waals surface area contributed by atoms with Gasteiger partial charge in [-0.05, 0) is 31.9 Å². The van der Waals surface area contributed by atoms with Crippen molar-refractivity contribution in [1.29, 1.82) is 0 Å². The molecule has 1 aromatic carbocycles. The van der Waals surface area contributed by atoms with E-state index in [1.54, 1.807) is 31.2 Å². The first-order valence-electron chi connectivity index (χ1n) is 10.1. The molecule has 1 aromatic heterocycles. The third-order valence-electron chi connectivity index (χ3n) is 4.99. The summed E-state index contributed by atoms with van der Waals surface area (Å²) in [7, 11) is 0. The Morgan fingerprint density at radius 3 is 2.44 bits per heavy atom. The molecule has 32 heavy (non-hydrogen) atoms. The highest BCUT2D eigenvalue weighted by molar-refractivity contribution is 7.16. The molecular weight excluding hydrogens is 432 g/mol. The average molecular weight is 457 g/mol. The van der Waals surface area contributed by atoms with Crippen LogP contribution in [0.5, 0.6) is 0 Å². The summed E-state index contributed by atoms with van der Waals surface area (Å²) in [5.74, 6) is -2.19. The lowest BCUT2D eigenvalue weighted by molar-refractivity contribution is -0.147. The van der Waals surface area contributed by atoms with Crippen LogP contribution in [-0.2, 0) is 25.5 Å². The first-order valence-corrected chi connectivity index (χ1v) is 10.9. The van der Waals surface area contributed by atoms with E-state index in [2.05, 4.69) is 11.9 Å². The van der Waals surface area contributed by atoms with Crippen LogP contribution in [0.3, 0.4) is 0 Å². The topological polar surface area (TPSA) is 102 Å². The Kier molecular flexibility index (Phi) is 7.09. The number of anilines is 1. The van der Waals surface area contributed by atoms with Gasteiger partial charge in [-0.25, -0.2) is 4.79 Å². The van der Waals surface area contributed by atoms with E-state index in [1.165, 1.54) is 16.2 Å². The minimum absolute atomic E-state index is 0.215. The maximum Gasteiger partial charge on any atom is 0.341 e. The first-order chi connectivity index (χ1) is 15.3. The predicted octanol–water partition coefficient (Wildman–Crippen LogP) is 3.40. The standard InChI is InChI=1S/C23H24N2O6S/c1-5-15-14(4)32-21(20(15)23(29)30-6-2)24-18(26)12-31-19(27)11-25-13(3)16-9-7-8-10-17(16)22(25)28/h7-10H,3,5-6,11-12H2,1-2,4H3,(H,24,26). The van der Waals surface area contributed by atoms with Gasteiger partial charge >= 0.3 is 11.9 Å². The van der Waals surface area contributed by atoms with Gasteiger partial charge in [-0.1, -0.05) is 31.7 Å². The SMILES string of the molecule is C=C1c2ccccc2C(=O)N1CC(=O)OCC(=O)Nc1sc(C)c(CC)c1C(=O)OCC. The van der Waals surface area contributed by atoms with Gasteiger partial charge in [-0.3, -0.25) is 19.3 Å². The summed E-state index contributed by atoms with van der Waals surface area (Å²) in [6, 6.07) is 6.93. The fraction of sp³-hybridized carbons (Fsp3) is 0.304. The number of fused-ring (bicyclic) bond motifs is 1. The number of ether oxygens (including phenoxy) is 2. The quantitative estimate of drug-likeness (QED) is 0.611. The van der Waals surface area contributed by atoms with Crippen LogP contribution in [0.15, 0.2) is 30.8 Å². The molecule has 2 aromatic rings. The number of amides is 2. The molecule has 2 amide bonds. The fourth-order valence-corrected chi connectivity index (χ4v) is 4.65. The summed E-state index contributed by atoms with van der Waals surface area (Å²) in [4.78, 5) is 51.6. The zero-order valence-corrected chi connectivity index (χ0v) is 19.0. The molecule has 168 valence electrons. The van der Waals surface area contributed by atoms with Gasteiger partial charge in [0, 0.05) is 21.7 Å². The lowest BCUT2D eigenvalue weighted by atomic mass is 10.1. The first kappa shape index (κ1) is 23.2. The minimum Gasteiger partial charge on any atom is -0.462 e. The molecular formula is C23H24N2O6S. The molecule has 1 N–H and O–H groups in total. The van der Waals surface area contributed by atoms with Crippen LogP contribution in [0, 0.1) is 6.92 Å². The molecule has 1 aliphatic rings. The number of hydrogen-bond donors (Lipinski definition) is 1. The van der Waals surface area contributed by atoms with Crippen molar-refractivity contribution in [2.75, 3.05) is 25.1 Å². The third kappa shape index (κ3) is 4.57. The Balaban J connectivity index is 1.60. The molecule has 0 atom stereocenters. The molecule has 1 aliphatic heterocycles. The van der Waals surface area contributed by atoms with Crippen molar-refractivity contribution in [3.63, 3.8) is 0 Å². The van der Waals surface area contributed by atoms with E-state index in [4.69, 9.17) is 9.47 Å². The van der Waals surface area contributed by atoms with E-state index < -0.39 is 24.5 Å². The third-order valence-corrected chi connectivity index (χ3v) is 6.05. The van der Waals surface area contributed by atoms with Crippen molar-refractivity contribution in [2.24, 2.45) is 0 Å². The molecule has 8 nitrogen and oxygen atoms in total. The lowest BCUT2D eigenvalue weighted by Gasteiger charge is -2.16. The molecule has 0 unspecified atom stereocenters. The summed E-state index contributed by atoms with van der Waals surface area (Å²) in [6.07, 6.45) is 0.609. The Hall–Kier alpha value is -3.46. The van der Waals surface area contributed by atoms with Crippen LogP contribution in [0.25, 0.3) is 5.70 Å². The van der Waals surface area contributed by atoms with Gasteiger partial charge in [-0.2, -0.15) is 0 Å².